The van der Waals surface area contributed by atoms with Gasteiger partial charge in [0, 0.05) is 12.1 Å². The molecule has 0 spiro atoms. The Bertz CT molecular complexity index is 549. The number of aryl methyl sites for hydroxylation is 1. The Hall–Kier alpha value is -2.17. The van der Waals surface area contributed by atoms with E-state index >= 15 is 0 Å². The minimum Gasteiger partial charge on any atom is -0.493 e. The number of ether oxygens (including phenoxy) is 2. The molecule has 0 aliphatic heterocycles. The average Bonchev–Trinajstić information content (AvgIpc) is 2.67. The van der Waals surface area contributed by atoms with E-state index in [2.05, 4.69) is 9.97 Å². The van der Waals surface area contributed by atoms with Crippen LogP contribution in [0.5, 0.6) is 11.5 Å². The van der Waals surface area contributed by atoms with Crippen LogP contribution in [-0.4, -0.2) is 24.2 Å². The summed E-state index contributed by atoms with van der Waals surface area (Å²) in [7, 11) is 3.25. The molecule has 18 heavy (non-hydrogen) atoms. The number of hydrogen-bond acceptors (Lipinski definition) is 4. The van der Waals surface area contributed by atoms with Crippen molar-refractivity contribution in [1.82, 2.24) is 9.97 Å². The molecule has 0 fully saturated rings. The Balaban J connectivity index is 2.27. The molecular formula is C13H17N3O2. The number of aromatic amines is 1. The van der Waals surface area contributed by atoms with E-state index < -0.39 is 0 Å². The van der Waals surface area contributed by atoms with Gasteiger partial charge in [-0.3, -0.25) is 0 Å². The van der Waals surface area contributed by atoms with E-state index in [4.69, 9.17) is 15.2 Å². The molecule has 0 amide bonds. The summed E-state index contributed by atoms with van der Waals surface area (Å²) < 4.78 is 10.5. The number of hydrogen-bond donors (Lipinski definition) is 2. The number of aromatic nitrogens is 2. The van der Waals surface area contributed by atoms with E-state index in [1.54, 1.807) is 14.2 Å². The Morgan fingerprint density at radius 2 is 1.94 bits per heavy atom. The van der Waals surface area contributed by atoms with Gasteiger partial charge in [0.1, 0.15) is 0 Å². The minimum atomic E-state index is 0.447. The molecule has 0 saturated carbocycles. The van der Waals surface area contributed by atoms with Gasteiger partial charge in [0.2, 0.25) is 0 Å². The van der Waals surface area contributed by atoms with Gasteiger partial charge < -0.3 is 20.2 Å². The second kappa shape index (κ2) is 5.00. The zero-order valence-corrected chi connectivity index (χ0v) is 10.8. The summed E-state index contributed by atoms with van der Waals surface area (Å²) >= 11 is 0. The Morgan fingerprint density at radius 1 is 1.22 bits per heavy atom. The predicted molar refractivity (Wildman–Crippen MR) is 70.1 cm³/mol. The van der Waals surface area contributed by atoms with Crippen LogP contribution in [-0.2, 0) is 6.42 Å². The van der Waals surface area contributed by atoms with E-state index in [1.165, 1.54) is 0 Å². The van der Waals surface area contributed by atoms with Gasteiger partial charge in [-0.15, -0.1) is 0 Å². The number of nitrogens with two attached hydrogens (primary N) is 1. The lowest BCUT2D eigenvalue weighted by Crippen LogP contribution is -1.95. The number of nitrogen functional groups attached to an aromatic ring is 1. The van der Waals surface area contributed by atoms with Crippen LogP contribution in [0.25, 0.3) is 0 Å². The lowest BCUT2D eigenvalue weighted by molar-refractivity contribution is 0.354. The third kappa shape index (κ3) is 2.40. The molecule has 0 bridgehead atoms. The van der Waals surface area contributed by atoms with Crippen molar-refractivity contribution >= 4 is 5.95 Å². The summed E-state index contributed by atoms with van der Waals surface area (Å²) in [5.41, 5.74) is 8.66. The number of imidazole rings is 1. The first-order valence-electron chi connectivity index (χ1n) is 5.66. The van der Waals surface area contributed by atoms with Crippen molar-refractivity contribution in [1.29, 1.82) is 0 Å². The number of nitrogens with zero attached hydrogens (tertiary/aromatic N) is 1. The molecule has 0 atom stereocenters. The first kappa shape index (κ1) is 12.3. The standard InChI is InChI=1S/C13H17N3O2/c1-8-10(16-13(14)15-8)6-9-4-5-11(17-2)12(7-9)18-3/h4-5,7H,6H2,1-3H3,(H3,14,15,16). The lowest BCUT2D eigenvalue weighted by atomic mass is 10.1. The van der Waals surface area contributed by atoms with Crippen molar-refractivity contribution in [2.24, 2.45) is 0 Å². The van der Waals surface area contributed by atoms with E-state index in [9.17, 15) is 0 Å². The maximum absolute atomic E-state index is 5.62. The van der Waals surface area contributed by atoms with Crippen LogP contribution >= 0.6 is 0 Å². The zero-order valence-electron chi connectivity index (χ0n) is 10.8. The number of H-pyrrole nitrogens is 1. The van der Waals surface area contributed by atoms with E-state index in [-0.39, 0.29) is 0 Å². The number of anilines is 1. The normalized spacial score (nSPS) is 10.4. The van der Waals surface area contributed by atoms with Crippen molar-refractivity contribution in [3.63, 3.8) is 0 Å². The molecule has 0 radical (unpaired) electrons. The predicted octanol–water partition coefficient (Wildman–Crippen LogP) is 1.91. The molecule has 0 aliphatic rings. The largest absolute Gasteiger partial charge is 0.493 e. The Morgan fingerprint density at radius 3 is 2.50 bits per heavy atom. The van der Waals surface area contributed by atoms with Gasteiger partial charge in [0.15, 0.2) is 17.4 Å². The summed E-state index contributed by atoms with van der Waals surface area (Å²) in [4.78, 5) is 7.24. The van der Waals surface area contributed by atoms with Crippen LogP contribution in [0.3, 0.4) is 0 Å². The van der Waals surface area contributed by atoms with Gasteiger partial charge in [-0.05, 0) is 24.6 Å². The molecule has 1 aromatic heterocycles. The first-order chi connectivity index (χ1) is 8.63. The summed E-state index contributed by atoms with van der Waals surface area (Å²) in [6, 6.07) is 5.83. The lowest BCUT2D eigenvalue weighted by Gasteiger charge is -2.09. The molecule has 1 aromatic carbocycles. The summed E-state index contributed by atoms with van der Waals surface area (Å²) in [6.45, 7) is 1.96. The average molecular weight is 247 g/mol. The third-order valence-electron chi connectivity index (χ3n) is 2.82. The van der Waals surface area contributed by atoms with Crippen molar-refractivity contribution in [3.05, 3.63) is 35.2 Å². The van der Waals surface area contributed by atoms with Gasteiger partial charge in [0.05, 0.1) is 19.9 Å². The Labute approximate surface area is 106 Å². The molecule has 2 rings (SSSR count). The van der Waals surface area contributed by atoms with Crippen LogP contribution in [0.4, 0.5) is 5.95 Å². The fourth-order valence-corrected chi connectivity index (χ4v) is 1.88. The summed E-state index contributed by atoms with van der Waals surface area (Å²) in [6.07, 6.45) is 0.708. The molecular weight excluding hydrogens is 230 g/mol. The zero-order chi connectivity index (χ0) is 13.1. The van der Waals surface area contributed by atoms with Gasteiger partial charge in [-0.25, -0.2) is 4.98 Å². The molecule has 2 aromatic rings. The number of rotatable bonds is 4. The molecule has 0 aliphatic carbocycles. The number of methoxy groups -OCH3 is 2. The molecule has 0 saturated heterocycles. The Kier molecular flexibility index (Phi) is 3.41. The summed E-state index contributed by atoms with van der Waals surface area (Å²) in [5.74, 6) is 1.89. The summed E-state index contributed by atoms with van der Waals surface area (Å²) in [5, 5.41) is 0. The quantitative estimate of drug-likeness (QED) is 0.865. The van der Waals surface area contributed by atoms with Gasteiger partial charge in [-0.2, -0.15) is 0 Å². The van der Waals surface area contributed by atoms with Crippen molar-refractivity contribution in [2.45, 2.75) is 13.3 Å². The molecule has 5 heteroatoms. The number of benzene rings is 1. The topological polar surface area (TPSA) is 73.2 Å². The molecule has 3 N–H and O–H groups in total. The fraction of sp³-hybridized carbons (Fsp3) is 0.308. The van der Waals surface area contributed by atoms with Crippen molar-refractivity contribution < 1.29 is 9.47 Å². The van der Waals surface area contributed by atoms with E-state index in [0.717, 1.165) is 28.5 Å². The van der Waals surface area contributed by atoms with Gasteiger partial charge in [0.25, 0.3) is 0 Å². The highest BCUT2D eigenvalue weighted by Crippen LogP contribution is 2.28. The van der Waals surface area contributed by atoms with E-state index in [0.29, 0.717) is 12.4 Å². The van der Waals surface area contributed by atoms with E-state index in [1.807, 2.05) is 25.1 Å². The van der Waals surface area contributed by atoms with Crippen molar-refractivity contribution in [3.8, 4) is 11.5 Å². The van der Waals surface area contributed by atoms with Crippen LogP contribution in [0, 0.1) is 6.92 Å². The maximum Gasteiger partial charge on any atom is 0.197 e. The van der Waals surface area contributed by atoms with Gasteiger partial charge in [-0.1, -0.05) is 6.07 Å². The smallest absolute Gasteiger partial charge is 0.197 e. The highest BCUT2D eigenvalue weighted by atomic mass is 16.5. The first-order valence-corrected chi connectivity index (χ1v) is 5.66. The second-order valence-electron chi connectivity index (χ2n) is 4.06. The van der Waals surface area contributed by atoms with Gasteiger partial charge >= 0.3 is 0 Å². The monoisotopic (exact) mass is 247 g/mol. The molecule has 0 unspecified atom stereocenters. The number of nitrogens with one attached hydrogen (secondary N) is 1. The van der Waals surface area contributed by atoms with Crippen LogP contribution in [0.15, 0.2) is 18.2 Å². The highest BCUT2D eigenvalue weighted by Gasteiger charge is 2.09. The molecule has 5 nitrogen and oxygen atoms in total. The van der Waals surface area contributed by atoms with Crippen LogP contribution in [0.2, 0.25) is 0 Å². The van der Waals surface area contributed by atoms with Crippen molar-refractivity contribution in [2.75, 3.05) is 20.0 Å². The minimum absolute atomic E-state index is 0.447. The molecule has 1 heterocycles. The fourth-order valence-electron chi connectivity index (χ4n) is 1.88. The maximum atomic E-state index is 5.62. The SMILES string of the molecule is COc1ccc(Cc2nc(N)[nH]c2C)cc1OC. The second-order valence-corrected chi connectivity index (χ2v) is 4.06. The molecule has 96 valence electrons. The van der Waals surface area contributed by atoms with Crippen LogP contribution in [0.1, 0.15) is 17.0 Å². The highest BCUT2D eigenvalue weighted by molar-refractivity contribution is 5.44. The van der Waals surface area contributed by atoms with Crippen LogP contribution < -0.4 is 15.2 Å². The third-order valence-corrected chi connectivity index (χ3v) is 2.82.